The van der Waals surface area contributed by atoms with Crippen LogP contribution in [-0.4, -0.2) is 56.8 Å². The largest absolute Gasteiger partial charge is 0.308 e. The molecule has 0 aliphatic carbocycles. The lowest BCUT2D eigenvalue weighted by molar-refractivity contribution is 1.08. The van der Waals surface area contributed by atoms with Gasteiger partial charge in [-0.2, -0.15) is 0 Å². The highest BCUT2D eigenvalue weighted by Crippen LogP contribution is 2.51. The monoisotopic (exact) mass is 1760 g/mol. The van der Waals surface area contributed by atoms with Crippen molar-refractivity contribution < 1.29 is 15.1 Å². The van der Waals surface area contributed by atoms with E-state index in [4.69, 9.17) is 40.9 Å². The van der Waals surface area contributed by atoms with Crippen LogP contribution in [0, 0.1) is 0 Å². The van der Waals surface area contributed by atoms with Crippen LogP contribution in [0.2, 0.25) is 0 Å². The van der Waals surface area contributed by atoms with E-state index in [2.05, 4.69) is 223 Å². The molecule has 12 nitrogen and oxygen atoms in total. The van der Waals surface area contributed by atoms with Crippen molar-refractivity contribution in [2.75, 3.05) is 0 Å². The fourth-order valence-electron chi connectivity index (χ4n) is 23.0. The second-order valence-corrected chi connectivity index (χ2v) is 35.7. The molecule has 0 radical (unpaired) electrons. The highest BCUT2D eigenvalue weighted by Gasteiger charge is 2.31. The molecule has 0 saturated heterocycles. The third kappa shape index (κ3) is 10.3. The van der Waals surface area contributed by atoms with Crippen LogP contribution in [0.15, 0.2) is 437 Å². The fraction of sp³-hybridized carbons (Fsp3) is 0. The quantitative estimate of drug-likeness (QED) is 0.154. The summed E-state index contributed by atoms with van der Waals surface area (Å²) in [6.45, 7) is 0. The van der Waals surface area contributed by atoms with Gasteiger partial charge in [0.2, 0.25) is 0 Å². The number of hydrogen-bond acceptors (Lipinski definition) is 6. The summed E-state index contributed by atoms with van der Waals surface area (Å²) in [4.78, 5) is 32.3. The molecule has 12 heteroatoms. The maximum Gasteiger partial charge on any atom is 0.165 e. The maximum atomic E-state index is 9.48. The second-order valence-electron chi connectivity index (χ2n) is 35.7. The zero-order chi connectivity index (χ0) is 99.4. The molecule has 21 aromatic carbocycles. The lowest BCUT2D eigenvalue weighted by Crippen LogP contribution is -2.04. The summed E-state index contributed by atoms with van der Waals surface area (Å²) in [5.74, 6) is 1.99. The van der Waals surface area contributed by atoms with E-state index in [0.29, 0.717) is 74.5 Å². The van der Waals surface area contributed by atoms with Crippen LogP contribution in [-0.2, 0) is 0 Å². The first-order valence-electron chi connectivity index (χ1n) is 51.7. The molecule has 0 aliphatic rings. The minimum Gasteiger partial charge on any atom is -0.308 e. The molecule has 33 rings (SSSR count). The summed E-state index contributed by atoms with van der Waals surface area (Å²) < 4.78 is 112. The number of para-hydroxylation sites is 6. The molecule has 12 aromatic heterocycles. The molecular formula is C126H72N12. The summed E-state index contributed by atoms with van der Waals surface area (Å²) in [5, 5.41) is 21.8. The molecule has 33 aromatic rings. The Morgan fingerprint density at radius 1 is 0.167 bits per heavy atom. The van der Waals surface area contributed by atoms with Crippen LogP contribution in [0.5, 0.6) is 0 Å². The van der Waals surface area contributed by atoms with Gasteiger partial charge in [0.1, 0.15) is 17.1 Å². The van der Waals surface area contributed by atoms with Gasteiger partial charge in [0, 0.05) is 114 Å². The molecule has 0 atom stereocenters. The van der Waals surface area contributed by atoms with Crippen LogP contribution in [0.4, 0.5) is 0 Å². The predicted octanol–water partition coefficient (Wildman–Crippen LogP) is 32.1. The molecule has 0 aliphatic heterocycles. The molecule has 0 amide bonds. The fourth-order valence-corrected chi connectivity index (χ4v) is 23.0. The van der Waals surface area contributed by atoms with E-state index in [1.54, 1.807) is 4.40 Å². The van der Waals surface area contributed by atoms with Crippen molar-refractivity contribution in [3.05, 3.63) is 437 Å². The minimum absolute atomic E-state index is 0.148. The zero-order valence-electron chi connectivity index (χ0n) is 84.1. The third-order valence-electron chi connectivity index (χ3n) is 28.6. The lowest BCUT2D eigenvalue weighted by Gasteiger charge is -2.15. The standard InChI is InChI=1S/3C42H24N4/c3*1-2-12-26(13-3-1)39-42(44-40-27-14-5-4-11-25(27)23-24-32(40)43-39)46-34-20-9-16-29-31-18-8-17-30-28-15-6-7-19-33(28)45(41(30)31)35-21-10-22-36(46)38(35)37(29)34/h3*1-24H/i6D,7D,8D,15D,17D,18D,19D;20D,22D;15D,17D. The summed E-state index contributed by atoms with van der Waals surface area (Å²) in [7, 11) is 0. The van der Waals surface area contributed by atoms with Crippen molar-refractivity contribution in [3.63, 3.8) is 0 Å². The molecule has 0 spiro atoms. The molecule has 12 heterocycles. The Hall–Kier alpha value is -18.8. The smallest absolute Gasteiger partial charge is 0.165 e. The Morgan fingerprint density at radius 2 is 0.464 bits per heavy atom. The first-order valence-corrected chi connectivity index (χ1v) is 46.2. The van der Waals surface area contributed by atoms with Gasteiger partial charge < -0.3 is 13.2 Å². The van der Waals surface area contributed by atoms with Crippen molar-refractivity contribution in [3.8, 4) is 51.2 Å². The Bertz CT molecular complexity index is 11800. The molecular weight excluding hydrogens is 1680 g/mol. The summed E-state index contributed by atoms with van der Waals surface area (Å²) in [5.41, 5.74) is 22.3. The second kappa shape index (κ2) is 28.4. The zero-order valence-corrected chi connectivity index (χ0v) is 73.1. The molecule has 0 fully saturated rings. The Kier molecular flexibility index (Phi) is 13.4. The van der Waals surface area contributed by atoms with E-state index >= 15 is 0 Å². The molecule has 138 heavy (non-hydrogen) atoms. The van der Waals surface area contributed by atoms with Crippen molar-refractivity contribution >= 4 is 245 Å². The van der Waals surface area contributed by atoms with Gasteiger partial charge in [-0.25, -0.2) is 29.9 Å². The normalized spacial score (nSPS) is 13.5. The van der Waals surface area contributed by atoms with Crippen molar-refractivity contribution in [2.45, 2.75) is 0 Å². The van der Waals surface area contributed by atoms with Crippen molar-refractivity contribution in [2.24, 2.45) is 0 Å². The van der Waals surface area contributed by atoms with E-state index in [1.807, 2.05) is 170 Å². The van der Waals surface area contributed by atoms with E-state index in [0.717, 1.165) is 219 Å². The predicted molar refractivity (Wildman–Crippen MR) is 574 cm³/mol. The van der Waals surface area contributed by atoms with Crippen LogP contribution in [0.1, 0.15) is 15.1 Å². The summed E-state index contributed by atoms with van der Waals surface area (Å²) in [6, 6.07) is 124. The topological polar surface area (TPSA) is 105 Å². The van der Waals surface area contributed by atoms with E-state index < -0.39 is 12.1 Å². The van der Waals surface area contributed by atoms with Crippen LogP contribution in [0.3, 0.4) is 0 Å². The first-order chi connectivity index (χ1) is 73.1. The third-order valence-corrected chi connectivity index (χ3v) is 28.6. The highest BCUT2D eigenvalue weighted by atomic mass is 15.1. The minimum atomic E-state index is -0.413. The van der Waals surface area contributed by atoms with Crippen molar-refractivity contribution in [1.82, 2.24) is 56.8 Å². The van der Waals surface area contributed by atoms with Crippen LogP contribution >= 0.6 is 0 Å². The van der Waals surface area contributed by atoms with Gasteiger partial charge in [0.05, 0.1) is 131 Å². The number of fused-ring (bicyclic) bond motifs is 24. The summed E-state index contributed by atoms with van der Waals surface area (Å²) in [6.07, 6.45) is 0. The van der Waals surface area contributed by atoms with Gasteiger partial charge in [-0.15, -0.1) is 0 Å². The molecule has 0 saturated carbocycles. The van der Waals surface area contributed by atoms with Gasteiger partial charge in [-0.3, -0.25) is 13.7 Å². The lowest BCUT2D eigenvalue weighted by atomic mass is 10.0. The van der Waals surface area contributed by atoms with Crippen molar-refractivity contribution in [1.29, 1.82) is 0 Å². The van der Waals surface area contributed by atoms with Crippen LogP contribution in [0.25, 0.3) is 296 Å². The van der Waals surface area contributed by atoms with Gasteiger partial charge in [-0.1, -0.05) is 346 Å². The average molecular weight is 1770 g/mol. The molecule has 0 unspecified atom stereocenters. The number of rotatable bonds is 6. The maximum absolute atomic E-state index is 9.48. The SMILES string of the molecule is [2H]c1c([2H])c([2H])c2c(c1[2H])c1c([2H])c([2H])c([2H])c3c4cccc5c4c4c(cccc4n2c31)n5-c1nc2c(ccc3ccccc32)nc1-c1ccccc1.[2H]c1ccc2c3cccc4c5ccccc5n(c5ccc([2H])c6c5c2c1n6-c1nc2c(ccc5ccccc52)nc1-c1ccccc1)c34.[2H]c1cccc2c1c1c([2H])ccc3c4cccc5c4c4c(cccc4n2c31)n5-c1nc2c(ccc3ccccc32)nc1-c1ccccc1. The van der Waals surface area contributed by atoms with Gasteiger partial charge in [0.25, 0.3) is 0 Å². The number of benzene rings is 21. The number of hydrogen-bond donors (Lipinski definition) is 0. The Labute approximate surface area is 800 Å². The number of aromatic nitrogens is 12. The first kappa shape index (κ1) is 64.9. The summed E-state index contributed by atoms with van der Waals surface area (Å²) >= 11 is 0. The molecule has 0 N–H and O–H groups in total. The van der Waals surface area contributed by atoms with Gasteiger partial charge in [0.15, 0.2) is 17.5 Å². The Morgan fingerprint density at radius 3 is 1.00 bits per heavy atom. The van der Waals surface area contributed by atoms with Gasteiger partial charge in [-0.05, 0) is 123 Å². The van der Waals surface area contributed by atoms with E-state index in [1.165, 1.54) is 10.8 Å². The average Bonchev–Trinajstić information content (AvgIpc) is 1.47. The van der Waals surface area contributed by atoms with Gasteiger partial charge >= 0.3 is 0 Å². The molecule has 0 bridgehead atoms. The highest BCUT2D eigenvalue weighted by molar-refractivity contribution is 6.35. The number of nitrogens with zero attached hydrogens (tertiary/aromatic N) is 12. The van der Waals surface area contributed by atoms with E-state index in [-0.39, 0.29) is 46.5 Å². The van der Waals surface area contributed by atoms with Crippen LogP contribution < -0.4 is 0 Å². The Balaban J connectivity index is 0.000000101. The van der Waals surface area contributed by atoms with E-state index in [9.17, 15) is 4.11 Å². The molecule has 636 valence electrons.